The Morgan fingerprint density at radius 2 is 2.00 bits per heavy atom. The Hall–Kier alpha value is -2.28. The van der Waals surface area contributed by atoms with E-state index in [1.165, 1.54) is 7.11 Å². The molecule has 1 aromatic heterocycles. The van der Waals surface area contributed by atoms with Crippen molar-refractivity contribution in [2.45, 2.75) is 24.3 Å². The van der Waals surface area contributed by atoms with Crippen LogP contribution in [0, 0.1) is 6.92 Å². The number of thioether (sulfide) groups is 1. The van der Waals surface area contributed by atoms with Crippen LogP contribution in [-0.4, -0.2) is 34.4 Å². The van der Waals surface area contributed by atoms with Gasteiger partial charge in [0.1, 0.15) is 0 Å². The zero-order chi connectivity index (χ0) is 16.6. The van der Waals surface area contributed by atoms with Gasteiger partial charge in [-0.15, -0.1) is 11.8 Å². The van der Waals surface area contributed by atoms with Gasteiger partial charge in [-0.1, -0.05) is 12.1 Å². The van der Waals surface area contributed by atoms with Crippen LogP contribution in [-0.2, 0) is 9.53 Å². The highest BCUT2D eigenvalue weighted by molar-refractivity contribution is 8.01. The fourth-order valence-electron chi connectivity index (χ4n) is 2.56. The van der Waals surface area contributed by atoms with Crippen molar-refractivity contribution >= 4 is 29.5 Å². The molecule has 2 atom stereocenters. The Morgan fingerprint density at radius 1 is 1.30 bits per heavy atom. The highest BCUT2D eigenvalue weighted by Gasteiger charge is 2.32. The van der Waals surface area contributed by atoms with Gasteiger partial charge in [0.2, 0.25) is 5.91 Å². The minimum absolute atomic E-state index is 0.0376. The van der Waals surface area contributed by atoms with Gasteiger partial charge in [-0.2, -0.15) is 5.10 Å². The van der Waals surface area contributed by atoms with Crippen LogP contribution in [0.2, 0.25) is 0 Å². The van der Waals surface area contributed by atoms with E-state index in [9.17, 15) is 9.59 Å². The molecule has 1 aliphatic rings. The van der Waals surface area contributed by atoms with Crippen LogP contribution in [0.5, 0.6) is 0 Å². The van der Waals surface area contributed by atoms with Gasteiger partial charge in [0.15, 0.2) is 5.82 Å². The predicted molar refractivity (Wildman–Crippen MR) is 88.6 cm³/mol. The maximum atomic E-state index is 12.1. The van der Waals surface area contributed by atoms with Gasteiger partial charge >= 0.3 is 5.97 Å². The number of aromatic nitrogens is 2. The fraction of sp³-hybridized carbons (Fsp3) is 0.312. The first-order valence-corrected chi connectivity index (χ1v) is 8.15. The first-order valence-electron chi connectivity index (χ1n) is 7.20. The van der Waals surface area contributed by atoms with Crippen molar-refractivity contribution in [3.63, 3.8) is 0 Å². The minimum atomic E-state index is -0.365. The highest BCUT2D eigenvalue weighted by Crippen LogP contribution is 2.44. The molecule has 3 rings (SSSR count). The van der Waals surface area contributed by atoms with Crippen molar-refractivity contribution in [1.82, 2.24) is 10.2 Å². The molecule has 0 spiro atoms. The molecule has 0 aliphatic carbocycles. The largest absolute Gasteiger partial charge is 0.465 e. The van der Waals surface area contributed by atoms with Crippen molar-refractivity contribution in [2.24, 2.45) is 0 Å². The first kappa shape index (κ1) is 15.6. The molecule has 120 valence electrons. The number of amides is 1. The Kier molecular flexibility index (Phi) is 4.12. The number of ether oxygens (including phenoxy) is 1. The number of H-pyrrole nitrogens is 1. The normalized spacial score (nSPS) is 20.4. The number of nitrogens with zero attached hydrogens (tertiary/aromatic N) is 1. The molecule has 0 saturated heterocycles. The first-order chi connectivity index (χ1) is 11.0. The maximum Gasteiger partial charge on any atom is 0.337 e. The number of methoxy groups -OCH3 is 1. The molecule has 0 bridgehead atoms. The third-order valence-corrected chi connectivity index (χ3v) is 5.24. The van der Waals surface area contributed by atoms with Gasteiger partial charge in [0, 0.05) is 11.3 Å². The maximum absolute atomic E-state index is 12.1. The van der Waals surface area contributed by atoms with Gasteiger partial charge in [0.05, 0.1) is 23.2 Å². The summed E-state index contributed by atoms with van der Waals surface area (Å²) in [6.07, 6.45) is 0. The van der Waals surface area contributed by atoms with Crippen LogP contribution >= 0.6 is 11.8 Å². The van der Waals surface area contributed by atoms with E-state index < -0.39 is 0 Å². The van der Waals surface area contributed by atoms with Gasteiger partial charge < -0.3 is 10.1 Å². The average Bonchev–Trinajstić information content (AvgIpc) is 2.85. The Balaban J connectivity index is 2.02. The quantitative estimate of drug-likeness (QED) is 0.827. The van der Waals surface area contributed by atoms with Crippen LogP contribution in [0.25, 0.3) is 0 Å². The smallest absolute Gasteiger partial charge is 0.337 e. The summed E-state index contributed by atoms with van der Waals surface area (Å²) in [6.45, 7) is 3.81. The number of fused-ring (bicyclic) bond motifs is 1. The lowest BCUT2D eigenvalue weighted by molar-refractivity contribution is -0.115. The number of hydrogen-bond acceptors (Lipinski definition) is 5. The SMILES string of the molecule is COC(=O)c1ccc([C@H]2S[C@H](C)C(=O)Nc3n[nH]c(C)c32)cc1. The van der Waals surface area contributed by atoms with E-state index in [-0.39, 0.29) is 22.4 Å². The number of nitrogens with one attached hydrogen (secondary N) is 2. The number of carbonyl (C=O) groups excluding carboxylic acids is 2. The van der Waals surface area contributed by atoms with Crippen LogP contribution in [0.4, 0.5) is 5.82 Å². The van der Waals surface area contributed by atoms with Crippen molar-refractivity contribution < 1.29 is 14.3 Å². The number of anilines is 1. The molecule has 2 heterocycles. The van der Waals surface area contributed by atoms with Gasteiger partial charge in [0.25, 0.3) is 0 Å². The van der Waals surface area contributed by atoms with E-state index in [0.717, 1.165) is 16.8 Å². The monoisotopic (exact) mass is 331 g/mol. The van der Waals surface area contributed by atoms with E-state index in [1.807, 2.05) is 26.0 Å². The molecule has 0 fully saturated rings. The summed E-state index contributed by atoms with van der Waals surface area (Å²) in [4.78, 5) is 23.7. The van der Waals surface area contributed by atoms with Crippen molar-refractivity contribution in [2.75, 3.05) is 12.4 Å². The molecule has 0 unspecified atom stereocenters. The van der Waals surface area contributed by atoms with Crippen LogP contribution in [0.15, 0.2) is 24.3 Å². The Morgan fingerprint density at radius 3 is 2.65 bits per heavy atom. The zero-order valence-electron chi connectivity index (χ0n) is 13.0. The molecule has 23 heavy (non-hydrogen) atoms. The predicted octanol–water partition coefficient (Wildman–Crippen LogP) is 2.67. The molecular weight excluding hydrogens is 314 g/mol. The second-order valence-electron chi connectivity index (χ2n) is 5.37. The average molecular weight is 331 g/mol. The number of hydrogen-bond donors (Lipinski definition) is 2. The lowest BCUT2D eigenvalue weighted by Gasteiger charge is -2.17. The van der Waals surface area contributed by atoms with E-state index in [0.29, 0.717) is 11.4 Å². The van der Waals surface area contributed by atoms with Gasteiger partial charge in [-0.05, 0) is 31.5 Å². The molecule has 7 heteroatoms. The molecule has 1 aromatic carbocycles. The number of carbonyl (C=O) groups is 2. The number of benzene rings is 1. The summed E-state index contributed by atoms with van der Waals surface area (Å²) in [6, 6.07) is 7.26. The van der Waals surface area contributed by atoms with Crippen LogP contribution in [0.1, 0.15) is 39.4 Å². The van der Waals surface area contributed by atoms with E-state index in [1.54, 1.807) is 23.9 Å². The lowest BCUT2D eigenvalue weighted by Crippen LogP contribution is -2.21. The molecular formula is C16H17N3O3S. The summed E-state index contributed by atoms with van der Waals surface area (Å²) in [5.74, 6) is 0.151. The number of aryl methyl sites for hydroxylation is 1. The summed E-state index contributed by atoms with van der Waals surface area (Å²) in [5, 5.41) is 9.74. The highest BCUT2D eigenvalue weighted by atomic mass is 32.2. The third kappa shape index (κ3) is 2.84. The third-order valence-electron chi connectivity index (χ3n) is 3.84. The topological polar surface area (TPSA) is 84.1 Å². The summed E-state index contributed by atoms with van der Waals surface area (Å²) < 4.78 is 4.72. The molecule has 1 aliphatic heterocycles. The molecule has 2 N–H and O–H groups in total. The lowest BCUT2D eigenvalue weighted by atomic mass is 10.0. The van der Waals surface area contributed by atoms with Crippen molar-refractivity contribution in [3.8, 4) is 0 Å². The molecule has 0 radical (unpaired) electrons. The van der Waals surface area contributed by atoms with Crippen LogP contribution < -0.4 is 5.32 Å². The van der Waals surface area contributed by atoms with Crippen LogP contribution in [0.3, 0.4) is 0 Å². The molecule has 1 amide bonds. The van der Waals surface area contributed by atoms with Crippen molar-refractivity contribution in [1.29, 1.82) is 0 Å². The number of aromatic amines is 1. The van der Waals surface area contributed by atoms with E-state index in [2.05, 4.69) is 15.5 Å². The minimum Gasteiger partial charge on any atom is -0.465 e. The summed E-state index contributed by atoms with van der Waals surface area (Å²) in [7, 11) is 1.36. The number of esters is 1. The summed E-state index contributed by atoms with van der Waals surface area (Å²) >= 11 is 1.56. The van der Waals surface area contributed by atoms with Crippen molar-refractivity contribution in [3.05, 3.63) is 46.6 Å². The standard InChI is InChI=1S/C16H17N3O3S/c1-8-12-13(10-4-6-11(7-5-10)16(21)22-3)23-9(2)15(20)17-14(12)19-18-8/h4-7,9,13H,1-3H3,(H2,17,18,19,20)/t9-,13-/m1/s1. The fourth-order valence-corrected chi connectivity index (χ4v) is 3.89. The van der Waals surface area contributed by atoms with Gasteiger partial charge in [-0.25, -0.2) is 4.79 Å². The number of rotatable bonds is 2. The Labute approximate surface area is 138 Å². The second-order valence-corrected chi connectivity index (χ2v) is 6.82. The zero-order valence-corrected chi connectivity index (χ0v) is 13.9. The second kappa shape index (κ2) is 6.08. The van der Waals surface area contributed by atoms with Gasteiger partial charge in [-0.3, -0.25) is 9.89 Å². The molecule has 6 nitrogen and oxygen atoms in total. The Bertz CT molecular complexity index is 754. The molecule has 2 aromatic rings. The summed E-state index contributed by atoms with van der Waals surface area (Å²) in [5.41, 5.74) is 3.40. The van der Waals surface area contributed by atoms with E-state index in [4.69, 9.17) is 4.74 Å². The molecule has 0 saturated carbocycles. The van der Waals surface area contributed by atoms with E-state index >= 15 is 0 Å².